The number of rotatable bonds is 5. The van der Waals surface area contributed by atoms with E-state index >= 15 is 0 Å². The molecule has 1 fully saturated rings. The van der Waals surface area contributed by atoms with Crippen molar-refractivity contribution < 1.29 is 31.1 Å². The van der Waals surface area contributed by atoms with Crippen molar-refractivity contribution >= 4 is 10.0 Å². The maximum absolute atomic E-state index is 12.9. The molecule has 1 aromatic rings. The van der Waals surface area contributed by atoms with Gasteiger partial charge < -0.3 is 9.47 Å². The van der Waals surface area contributed by atoms with E-state index in [1.165, 1.54) is 25.3 Å². The Morgan fingerprint density at radius 1 is 1.26 bits per heavy atom. The standard InChI is InChI=1S/C14H18F3NO4S/c1-21-12-4-2-3-5-13(12)23(19,20)18(10-14(15,16)17)11-6-8-22-9-7-11/h2-5,11H,6-10H2,1H3. The molecule has 0 aromatic heterocycles. The molecule has 1 heterocycles. The minimum absolute atomic E-state index is 0.0201. The summed E-state index contributed by atoms with van der Waals surface area (Å²) in [4.78, 5) is -0.266. The zero-order chi connectivity index (χ0) is 17.1. The molecule has 1 aliphatic rings. The van der Waals surface area contributed by atoms with Crippen LogP contribution in [0.4, 0.5) is 13.2 Å². The third-order valence-corrected chi connectivity index (χ3v) is 5.53. The van der Waals surface area contributed by atoms with Gasteiger partial charge in [-0.1, -0.05) is 12.1 Å². The summed E-state index contributed by atoms with van der Waals surface area (Å²) in [5, 5.41) is 0. The zero-order valence-electron chi connectivity index (χ0n) is 12.5. The molecule has 130 valence electrons. The SMILES string of the molecule is COc1ccccc1S(=O)(=O)N(CC(F)(F)F)C1CCOCC1. The van der Waals surface area contributed by atoms with Gasteiger partial charge in [-0.25, -0.2) is 8.42 Å². The average Bonchev–Trinajstić information content (AvgIpc) is 2.52. The lowest BCUT2D eigenvalue weighted by atomic mass is 10.1. The van der Waals surface area contributed by atoms with Gasteiger partial charge in [0.05, 0.1) is 7.11 Å². The summed E-state index contributed by atoms with van der Waals surface area (Å²) >= 11 is 0. The van der Waals surface area contributed by atoms with Crippen LogP contribution >= 0.6 is 0 Å². The third-order valence-electron chi connectivity index (χ3n) is 3.59. The smallest absolute Gasteiger partial charge is 0.402 e. The number of para-hydroxylation sites is 1. The molecule has 0 radical (unpaired) electrons. The quantitative estimate of drug-likeness (QED) is 0.816. The third kappa shape index (κ3) is 4.36. The van der Waals surface area contributed by atoms with Gasteiger partial charge in [0.2, 0.25) is 10.0 Å². The first-order valence-corrected chi connectivity index (χ1v) is 8.49. The van der Waals surface area contributed by atoms with Gasteiger partial charge >= 0.3 is 6.18 Å². The average molecular weight is 353 g/mol. The van der Waals surface area contributed by atoms with E-state index in [-0.39, 0.29) is 36.7 Å². The van der Waals surface area contributed by atoms with Crippen molar-refractivity contribution in [3.63, 3.8) is 0 Å². The zero-order valence-corrected chi connectivity index (χ0v) is 13.4. The molecule has 9 heteroatoms. The molecule has 0 amide bonds. The van der Waals surface area contributed by atoms with E-state index in [2.05, 4.69) is 0 Å². The van der Waals surface area contributed by atoms with Gasteiger partial charge in [-0.15, -0.1) is 0 Å². The summed E-state index contributed by atoms with van der Waals surface area (Å²) in [5.74, 6) is 0.0201. The summed E-state index contributed by atoms with van der Waals surface area (Å²) in [5.41, 5.74) is 0. The number of nitrogens with zero attached hydrogens (tertiary/aromatic N) is 1. The number of ether oxygens (including phenoxy) is 2. The molecular formula is C14H18F3NO4S. The summed E-state index contributed by atoms with van der Waals surface area (Å²) in [6.45, 7) is -1.06. The van der Waals surface area contributed by atoms with Crippen LogP contribution in [0.2, 0.25) is 0 Å². The van der Waals surface area contributed by atoms with E-state index in [1.54, 1.807) is 6.07 Å². The van der Waals surface area contributed by atoms with Crippen molar-refractivity contribution in [2.75, 3.05) is 26.9 Å². The Balaban J connectivity index is 2.43. The van der Waals surface area contributed by atoms with E-state index in [0.717, 1.165) is 0 Å². The summed E-state index contributed by atoms with van der Waals surface area (Å²) < 4.78 is 75.0. The van der Waals surface area contributed by atoms with Crippen LogP contribution in [0.15, 0.2) is 29.2 Å². The molecule has 2 rings (SSSR count). The second-order valence-electron chi connectivity index (χ2n) is 5.16. The minimum atomic E-state index is -4.63. The summed E-state index contributed by atoms with van der Waals surface area (Å²) in [6, 6.07) is 4.91. The fraction of sp³-hybridized carbons (Fsp3) is 0.571. The molecular weight excluding hydrogens is 335 g/mol. The molecule has 1 aliphatic heterocycles. The van der Waals surface area contributed by atoms with E-state index in [9.17, 15) is 21.6 Å². The second-order valence-corrected chi connectivity index (χ2v) is 7.02. The van der Waals surface area contributed by atoms with Gasteiger partial charge in [0.1, 0.15) is 17.2 Å². The molecule has 5 nitrogen and oxygen atoms in total. The number of sulfonamides is 1. The molecule has 0 N–H and O–H groups in total. The van der Waals surface area contributed by atoms with Gasteiger partial charge in [-0.05, 0) is 25.0 Å². The van der Waals surface area contributed by atoms with E-state index < -0.39 is 28.8 Å². The van der Waals surface area contributed by atoms with Crippen LogP contribution in [-0.4, -0.2) is 51.8 Å². The predicted molar refractivity (Wildman–Crippen MR) is 76.8 cm³/mol. The Morgan fingerprint density at radius 3 is 2.43 bits per heavy atom. The van der Waals surface area contributed by atoms with Crippen molar-refractivity contribution in [2.24, 2.45) is 0 Å². The second kappa shape index (κ2) is 7.06. The molecule has 0 bridgehead atoms. The predicted octanol–water partition coefficient (Wildman–Crippen LogP) is 2.43. The van der Waals surface area contributed by atoms with Crippen LogP contribution < -0.4 is 4.74 Å². The first-order chi connectivity index (χ1) is 10.8. The van der Waals surface area contributed by atoms with Crippen molar-refractivity contribution in [3.8, 4) is 5.75 Å². The molecule has 0 atom stereocenters. The molecule has 0 aliphatic carbocycles. The molecule has 1 aromatic carbocycles. The highest BCUT2D eigenvalue weighted by atomic mass is 32.2. The highest BCUT2D eigenvalue weighted by molar-refractivity contribution is 7.89. The summed E-state index contributed by atoms with van der Waals surface area (Å²) in [7, 11) is -3.07. The van der Waals surface area contributed by atoms with Crippen LogP contribution in [0.1, 0.15) is 12.8 Å². The molecule has 0 saturated carbocycles. The van der Waals surface area contributed by atoms with Crippen molar-refractivity contribution in [2.45, 2.75) is 30.0 Å². The Kier molecular flexibility index (Phi) is 5.53. The van der Waals surface area contributed by atoms with E-state index in [4.69, 9.17) is 9.47 Å². The lowest BCUT2D eigenvalue weighted by Gasteiger charge is -2.34. The lowest BCUT2D eigenvalue weighted by Crippen LogP contribution is -2.47. The molecule has 0 unspecified atom stereocenters. The highest BCUT2D eigenvalue weighted by Gasteiger charge is 2.42. The molecule has 0 spiro atoms. The minimum Gasteiger partial charge on any atom is -0.495 e. The topological polar surface area (TPSA) is 55.8 Å². The number of alkyl halides is 3. The van der Waals surface area contributed by atoms with Crippen LogP contribution in [0.3, 0.4) is 0 Å². The number of benzene rings is 1. The number of methoxy groups -OCH3 is 1. The Bertz CT molecular complexity index is 627. The van der Waals surface area contributed by atoms with Gasteiger partial charge in [0.15, 0.2) is 0 Å². The highest BCUT2D eigenvalue weighted by Crippen LogP contribution is 2.32. The van der Waals surface area contributed by atoms with E-state index in [1.807, 2.05) is 0 Å². The van der Waals surface area contributed by atoms with Crippen LogP contribution in [0.25, 0.3) is 0 Å². The van der Waals surface area contributed by atoms with Crippen LogP contribution in [0.5, 0.6) is 5.75 Å². The fourth-order valence-corrected chi connectivity index (χ4v) is 4.35. The van der Waals surface area contributed by atoms with Gasteiger partial charge in [-0.2, -0.15) is 17.5 Å². The Hall–Kier alpha value is -1.32. The number of hydrogen-bond donors (Lipinski definition) is 0. The monoisotopic (exact) mass is 353 g/mol. The normalized spacial score (nSPS) is 17.4. The first-order valence-electron chi connectivity index (χ1n) is 7.05. The van der Waals surface area contributed by atoms with Gasteiger partial charge in [0.25, 0.3) is 0 Å². The van der Waals surface area contributed by atoms with Crippen LogP contribution in [-0.2, 0) is 14.8 Å². The molecule has 1 saturated heterocycles. The Labute approximate surface area is 133 Å². The first kappa shape index (κ1) is 18.0. The van der Waals surface area contributed by atoms with Crippen molar-refractivity contribution in [1.82, 2.24) is 4.31 Å². The number of halogens is 3. The summed E-state index contributed by atoms with van der Waals surface area (Å²) in [6.07, 6.45) is -4.18. The van der Waals surface area contributed by atoms with Crippen LogP contribution in [0, 0.1) is 0 Å². The lowest BCUT2D eigenvalue weighted by molar-refractivity contribution is -0.141. The van der Waals surface area contributed by atoms with Crippen molar-refractivity contribution in [1.29, 1.82) is 0 Å². The maximum atomic E-state index is 12.9. The Morgan fingerprint density at radius 2 is 1.87 bits per heavy atom. The van der Waals surface area contributed by atoms with Crippen molar-refractivity contribution in [3.05, 3.63) is 24.3 Å². The van der Waals surface area contributed by atoms with Gasteiger partial charge in [0, 0.05) is 19.3 Å². The van der Waals surface area contributed by atoms with E-state index in [0.29, 0.717) is 4.31 Å². The number of hydrogen-bond acceptors (Lipinski definition) is 4. The van der Waals surface area contributed by atoms with Gasteiger partial charge in [-0.3, -0.25) is 0 Å². The largest absolute Gasteiger partial charge is 0.495 e. The molecule has 23 heavy (non-hydrogen) atoms. The fourth-order valence-electron chi connectivity index (χ4n) is 2.52. The maximum Gasteiger partial charge on any atom is 0.402 e.